The molecule has 1 N–H and O–H groups in total. The van der Waals surface area contributed by atoms with Crippen LogP contribution in [0.15, 0.2) is 36.4 Å². The molecule has 16 heavy (non-hydrogen) atoms. The van der Waals surface area contributed by atoms with Gasteiger partial charge in [-0.25, -0.2) is 4.79 Å². The minimum absolute atomic E-state index is 0.105. The highest BCUT2D eigenvalue weighted by atomic mass is 16.4. The second-order valence-electron chi connectivity index (χ2n) is 3.19. The van der Waals surface area contributed by atoms with Gasteiger partial charge in [0.1, 0.15) is 0 Å². The van der Waals surface area contributed by atoms with Crippen molar-refractivity contribution in [1.29, 1.82) is 0 Å². The van der Waals surface area contributed by atoms with Gasteiger partial charge in [0.15, 0.2) is 0 Å². The molecular formula is C11H7NO4. The Hall–Kier alpha value is -2.43. The second kappa shape index (κ2) is 3.62. The fourth-order valence-corrected chi connectivity index (χ4v) is 1.48. The Labute approximate surface area is 90.6 Å². The zero-order chi connectivity index (χ0) is 11.7. The van der Waals surface area contributed by atoms with Crippen LogP contribution in [-0.2, 0) is 9.59 Å². The molecule has 3 amide bonds. The van der Waals surface area contributed by atoms with Crippen LogP contribution in [0.2, 0.25) is 0 Å². The summed E-state index contributed by atoms with van der Waals surface area (Å²) in [6, 6.07) is 8.46. The number of nitrogens with zero attached hydrogens (tertiary/aromatic N) is 1. The van der Waals surface area contributed by atoms with E-state index in [2.05, 4.69) is 0 Å². The van der Waals surface area contributed by atoms with E-state index in [9.17, 15) is 14.4 Å². The molecule has 1 aliphatic rings. The van der Waals surface area contributed by atoms with Crippen molar-refractivity contribution in [2.75, 3.05) is 0 Å². The Balaban J connectivity index is 2.40. The number of carboxylic acid groups (broad SMARTS) is 1. The number of imide groups is 3. The van der Waals surface area contributed by atoms with Crippen LogP contribution in [0.5, 0.6) is 0 Å². The topological polar surface area (TPSA) is 74.7 Å². The Morgan fingerprint density at radius 3 is 2.25 bits per heavy atom. The van der Waals surface area contributed by atoms with E-state index in [0.29, 0.717) is 5.56 Å². The summed E-state index contributed by atoms with van der Waals surface area (Å²) in [4.78, 5) is 33.7. The predicted molar refractivity (Wildman–Crippen MR) is 54.3 cm³/mol. The van der Waals surface area contributed by atoms with Crippen LogP contribution < -0.4 is 0 Å². The summed E-state index contributed by atoms with van der Waals surface area (Å²) in [5, 5.41) is 8.67. The van der Waals surface area contributed by atoms with Crippen molar-refractivity contribution < 1.29 is 19.5 Å². The van der Waals surface area contributed by atoms with E-state index in [1.807, 2.05) is 0 Å². The third-order valence-electron chi connectivity index (χ3n) is 2.20. The molecule has 0 bridgehead atoms. The molecule has 80 valence electrons. The molecule has 0 saturated carbocycles. The third-order valence-corrected chi connectivity index (χ3v) is 2.20. The fraction of sp³-hybridized carbons (Fsp3) is 0. The number of hydrogen-bond donors (Lipinski definition) is 1. The monoisotopic (exact) mass is 217 g/mol. The Morgan fingerprint density at radius 1 is 1.12 bits per heavy atom. The van der Waals surface area contributed by atoms with E-state index in [-0.39, 0.29) is 10.5 Å². The Morgan fingerprint density at radius 2 is 1.75 bits per heavy atom. The largest absolute Gasteiger partial charge is 0.464 e. The molecule has 0 radical (unpaired) electrons. The van der Waals surface area contributed by atoms with Gasteiger partial charge in [0.2, 0.25) is 0 Å². The number of hydrogen-bond acceptors (Lipinski definition) is 3. The first-order valence-corrected chi connectivity index (χ1v) is 4.49. The van der Waals surface area contributed by atoms with Gasteiger partial charge in [0.05, 0.1) is 5.57 Å². The van der Waals surface area contributed by atoms with Crippen LogP contribution in [0, 0.1) is 0 Å². The van der Waals surface area contributed by atoms with Crippen molar-refractivity contribution in [1.82, 2.24) is 4.90 Å². The van der Waals surface area contributed by atoms with Gasteiger partial charge < -0.3 is 5.11 Å². The lowest BCUT2D eigenvalue weighted by molar-refractivity contribution is -0.133. The summed E-state index contributed by atoms with van der Waals surface area (Å²) in [6.07, 6.45) is -0.525. The van der Waals surface area contributed by atoms with Gasteiger partial charge >= 0.3 is 6.09 Å². The van der Waals surface area contributed by atoms with E-state index in [0.717, 1.165) is 6.08 Å². The van der Waals surface area contributed by atoms with Gasteiger partial charge in [0, 0.05) is 6.08 Å². The van der Waals surface area contributed by atoms with Crippen LogP contribution in [0.3, 0.4) is 0 Å². The van der Waals surface area contributed by atoms with E-state index in [1.165, 1.54) is 0 Å². The number of benzene rings is 1. The van der Waals surface area contributed by atoms with Crippen LogP contribution >= 0.6 is 0 Å². The van der Waals surface area contributed by atoms with Crippen LogP contribution in [0.1, 0.15) is 5.56 Å². The molecule has 0 saturated heterocycles. The summed E-state index contributed by atoms with van der Waals surface area (Å²) in [6.45, 7) is 0. The van der Waals surface area contributed by atoms with Crippen LogP contribution in [-0.4, -0.2) is 27.9 Å². The molecule has 1 aliphatic heterocycles. The average Bonchev–Trinajstić information content (AvgIpc) is 2.55. The molecule has 0 aromatic heterocycles. The van der Waals surface area contributed by atoms with E-state index in [1.54, 1.807) is 30.3 Å². The first-order valence-electron chi connectivity index (χ1n) is 4.49. The molecule has 2 rings (SSSR count). The molecule has 0 unspecified atom stereocenters. The van der Waals surface area contributed by atoms with Crippen molar-refractivity contribution >= 4 is 23.5 Å². The van der Waals surface area contributed by atoms with E-state index < -0.39 is 17.9 Å². The quantitative estimate of drug-likeness (QED) is 0.715. The van der Waals surface area contributed by atoms with Gasteiger partial charge in [-0.15, -0.1) is 0 Å². The lowest BCUT2D eigenvalue weighted by Gasteiger charge is -2.07. The van der Waals surface area contributed by atoms with Gasteiger partial charge in [-0.05, 0) is 5.56 Å². The second-order valence-corrected chi connectivity index (χ2v) is 3.19. The van der Waals surface area contributed by atoms with Crippen molar-refractivity contribution in [3.05, 3.63) is 42.0 Å². The SMILES string of the molecule is O=C(O)N1C(=O)C=C(c2ccccc2)C1=O. The van der Waals surface area contributed by atoms with Gasteiger partial charge in [-0.1, -0.05) is 30.3 Å². The molecule has 0 atom stereocenters. The van der Waals surface area contributed by atoms with Crippen LogP contribution in [0.25, 0.3) is 5.57 Å². The average molecular weight is 217 g/mol. The predicted octanol–water partition coefficient (Wildman–Crippen LogP) is 1.12. The molecule has 5 nitrogen and oxygen atoms in total. The lowest BCUT2D eigenvalue weighted by atomic mass is 10.1. The highest BCUT2D eigenvalue weighted by Gasteiger charge is 2.36. The van der Waals surface area contributed by atoms with Crippen molar-refractivity contribution in [2.45, 2.75) is 0 Å². The normalized spacial score (nSPS) is 15.2. The zero-order valence-electron chi connectivity index (χ0n) is 8.08. The third kappa shape index (κ3) is 1.48. The lowest BCUT2D eigenvalue weighted by Crippen LogP contribution is -2.35. The molecule has 1 aromatic carbocycles. The number of carbonyl (C=O) groups is 3. The smallest absolute Gasteiger partial charge is 0.421 e. The van der Waals surface area contributed by atoms with Gasteiger partial charge in [-0.2, -0.15) is 4.90 Å². The summed E-state index contributed by atoms with van der Waals surface area (Å²) >= 11 is 0. The number of amides is 3. The van der Waals surface area contributed by atoms with Crippen molar-refractivity contribution in [3.63, 3.8) is 0 Å². The standard InChI is InChI=1S/C11H7NO4/c13-9-6-8(7-4-2-1-3-5-7)10(14)12(9)11(15)16/h1-6H,(H,15,16). The number of rotatable bonds is 1. The first kappa shape index (κ1) is 10.1. The molecule has 1 heterocycles. The minimum Gasteiger partial charge on any atom is -0.464 e. The fourth-order valence-electron chi connectivity index (χ4n) is 1.48. The maximum absolute atomic E-state index is 11.6. The maximum atomic E-state index is 11.6. The molecular weight excluding hydrogens is 210 g/mol. The number of carbonyl (C=O) groups excluding carboxylic acids is 2. The summed E-state index contributed by atoms with van der Waals surface area (Å²) in [7, 11) is 0. The van der Waals surface area contributed by atoms with Gasteiger partial charge in [-0.3, -0.25) is 9.59 Å². The van der Waals surface area contributed by atoms with Gasteiger partial charge in [0.25, 0.3) is 11.8 Å². The Kier molecular flexibility index (Phi) is 2.28. The van der Waals surface area contributed by atoms with E-state index in [4.69, 9.17) is 5.11 Å². The summed E-state index contributed by atoms with van der Waals surface area (Å²) < 4.78 is 0. The minimum atomic E-state index is -1.56. The molecule has 0 spiro atoms. The van der Waals surface area contributed by atoms with Crippen molar-refractivity contribution in [3.8, 4) is 0 Å². The molecule has 5 heteroatoms. The zero-order valence-corrected chi connectivity index (χ0v) is 8.08. The molecule has 0 fully saturated rings. The summed E-state index contributed by atoms with van der Waals surface area (Å²) in [5.74, 6) is -1.62. The molecule has 0 aliphatic carbocycles. The Bertz CT molecular complexity index is 504. The van der Waals surface area contributed by atoms with Crippen LogP contribution in [0.4, 0.5) is 4.79 Å². The molecule has 1 aromatic rings. The van der Waals surface area contributed by atoms with Crippen molar-refractivity contribution in [2.24, 2.45) is 0 Å². The maximum Gasteiger partial charge on any atom is 0.421 e. The first-order chi connectivity index (χ1) is 7.61. The highest BCUT2D eigenvalue weighted by molar-refractivity contribution is 6.37. The van der Waals surface area contributed by atoms with E-state index >= 15 is 0 Å². The highest BCUT2D eigenvalue weighted by Crippen LogP contribution is 2.22. The summed E-state index contributed by atoms with van der Waals surface area (Å²) in [5.41, 5.74) is 0.637.